The Morgan fingerprint density at radius 2 is 1.76 bits per heavy atom. The Morgan fingerprint density at radius 3 is 2.14 bits per heavy atom. The number of nitrogens with zero attached hydrogens (tertiary/aromatic N) is 1. The molecule has 0 bridgehead atoms. The van der Waals surface area contributed by atoms with Gasteiger partial charge in [-0.1, -0.05) is 13.0 Å². The van der Waals surface area contributed by atoms with E-state index in [1.807, 2.05) is 0 Å². The molecule has 0 spiro atoms. The highest BCUT2D eigenvalue weighted by atomic mass is 19.4. The van der Waals surface area contributed by atoms with Crippen LogP contribution in [-0.2, 0) is 0 Å². The molecule has 4 nitrogen and oxygen atoms in total. The number of rotatable bonds is 3. The molecule has 21 heavy (non-hydrogen) atoms. The van der Waals surface area contributed by atoms with Gasteiger partial charge in [0.2, 0.25) is 11.4 Å². The maximum atomic E-state index is 12.8. The van der Waals surface area contributed by atoms with E-state index in [0.29, 0.717) is 6.92 Å². The van der Waals surface area contributed by atoms with Gasteiger partial charge in [0.1, 0.15) is 0 Å². The molecular weight excluding hydrogens is 306 g/mol. The van der Waals surface area contributed by atoms with Crippen LogP contribution < -0.4 is 10.1 Å². The van der Waals surface area contributed by atoms with Gasteiger partial charge in [0.05, 0.1) is 0 Å². The third-order valence-corrected chi connectivity index (χ3v) is 2.65. The van der Waals surface area contributed by atoms with Gasteiger partial charge in [0.15, 0.2) is 0 Å². The van der Waals surface area contributed by atoms with Crippen molar-refractivity contribution in [3.8, 4) is 5.88 Å². The van der Waals surface area contributed by atoms with Crippen LogP contribution in [-0.4, -0.2) is 29.0 Å². The van der Waals surface area contributed by atoms with Crippen LogP contribution in [0.4, 0.5) is 31.1 Å². The number of carbonyl (C=O) groups is 1. The maximum Gasteiger partial charge on any atom is 0.420 e. The molecule has 0 atom stereocenters. The van der Waals surface area contributed by atoms with Crippen LogP contribution in [0.1, 0.15) is 13.3 Å². The molecule has 0 aliphatic rings. The van der Waals surface area contributed by atoms with E-state index in [1.54, 1.807) is 0 Å². The van der Waals surface area contributed by atoms with Gasteiger partial charge in [-0.2, -0.15) is 26.3 Å². The third kappa shape index (κ3) is 3.56. The second-order valence-corrected chi connectivity index (χ2v) is 3.94. The van der Waals surface area contributed by atoms with Crippen molar-refractivity contribution in [1.29, 1.82) is 0 Å². The summed E-state index contributed by atoms with van der Waals surface area (Å²) in [7, 11) is 0. The molecule has 10 heteroatoms. The highest BCUT2D eigenvalue weighted by Crippen LogP contribution is 2.45. The van der Waals surface area contributed by atoms with E-state index >= 15 is 0 Å². The quantitative estimate of drug-likeness (QED) is 0.869. The molecule has 0 aliphatic carbocycles. The van der Waals surface area contributed by atoms with E-state index in [-0.39, 0.29) is 0 Å². The minimum absolute atomic E-state index is 0.427. The van der Waals surface area contributed by atoms with Crippen molar-refractivity contribution in [2.24, 2.45) is 0 Å². The molecule has 0 radical (unpaired) electrons. The zero-order chi connectivity index (χ0) is 16.3. The topological polar surface area (TPSA) is 51.2 Å². The molecule has 1 amide bonds. The van der Waals surface area contributed by atoms with Gasteiger partial charge in [-0.3, -0.25) is 5.32 Å². The number of nitrogens with one attached hydrogen (secondary N) is 1. The van der Waals surface area contributed by atoms with E-state index < -0.39 is 36.3 Å². The smallest absolute Gasteiger partial charge is 0.391 e. The largest absolute Gasteiger partial charge is 0.420 e. The Hall–Kier alpha value is -2.00. The standard InChI is InChI=1S/C11H10F6N2O2/c1-2-9(10(12,13)14,11(15,16)17)19-8(20)21-7-5-3-4-6-18-7/h3-6H,2H2,1H3,(H,19,20). The number of hydrogen-bond donors (Lipinski definition) is 1. The molecule has 0 saturated heterocycles. The number of ether oxygens (including phenoxy) is 1. The summed E-state index contributed by atoms with van der Waals surface area (Å²) >= 11 is 0. The number of amides is 1. The van der Waals surface area contributed by atoms with Crippen molar-refractivity contribution >= 4 is 6.09 Å². The average molecular weight is 316 g/mol. The molecule has 1 N–H and O–H groups in total. The molecule has 1 aromatic heterocycles. The molecule has 0 unspecified atom stereocenters. The predicted molar refractivity (Wildman–Crippen MR) is 58.5 cm³/mol. The molecule has 0 aliphatic heterocycles. The summed E-state index contributed by atoms with van der Waals surface area (Å²) in [5, 5.41) is 0.857. The normalized spacial score (nSPS) is 12.9. The van der Waals surface area contributed by atoms with E-state index in [0.717, 1.165) is 17.6 Å². The van der Waals surface area contributed by atoms with Crippen LogP contribution in [0.15, 0.2) is 24.4 Å². The van der Waals surface area contributed by atoms with Crippen LogP contribution in [0.25, 0.3) is 0 Å². The summed E-state index contributed by atoms with van der Waals surface area (Å²) < 4.78 is 80.9. The van der Waals surface area contributed by atoms with Gasteiger partial charge in [0.25, 0.3) is 0 Å². The summed E-state index contributed by atoms with van der Waals surface area (Å²) in [5.74, 6) is -0.427. The summed E-state index contributed by atoms with van der Waals surface area (Å²) in [6.07, 6.45) is -13.6. The number of carbonyl (C=O) groups excluding carboxylic acids is 1. The number of halogens is 6. The lowest BCUT2D eigenvalue weighted by atomic mass is 9.94. The van der Waals surface area contributed by atoms with Gasteiger partial charge in [0, 0.05) is 12.3 Å². The van der Waals surface area contributed by atoms with Crippen molar-refractivity contribution in [2.75, 3.05) is 0 Å². The number of pyridine rings is 1. The fourth-order valence-corrected chi connectivity index (χ4v) is 1.49. The van der Waals surface area contributed by atoms with Gasteiger partial charge >= 0.3 is 18.4 Å². The van der Waals surface area contributed by atoms with Gasteiger partial charge < -0.3 is 4.74 Å². The highest BCUT2D eigenvalue weighted by molar-refractivity contribution is 5.71. The predicted octanol–water partition coefficient (Wildman–Crippen LogP) is 3.44. The van der Waals surface area contributed by atoms with E-state index in [2.05, 4.69) is 9.72 Å². The molecule has 0 fully saturated rings. The first-order chi connectivity index (χ1) is 9.53. The third-order valence-electron chi connectivity index (χ3n) is 2.65. The molecule has 1 rings (SSSR count). The SMILES string of the molecule is CCC(NC(=O)Oc1ccccn1)(C(F)(F)F)C(F)(F)F. The number of alkyl halides is 6. The fraction of sp³-hybridized carbons (Fsp3) is 0.455. The minimum Gasteiger partial charge on any atom is -0.391 e. The lowest BCUT2D eigenvalue weighted by molar-refractivity contribution is -0.305. The Labute approximate surface area is 115 Å². The fourth-order valence-electron chi connectivity index (χ4n) is 1.49. The molecule has 0 aromatic carbocycles. The molecule has 1 aromatic rings. The second-order valence-electron chi connectivity index (χ2n) is 3.94. The van der Waals surface area contributed by atoms with E-state index in [9.17, 15) is 31.1 Å². The number of hydrogen-bond acceptors (Lipinski definition) is 3. The first kappa shape index (κ1) is 17.1. The molecule has 118 valence electrons. The summed E-state index contributed by atoms with van der Waals surface area (Å²) in [5.41, 5.74) is -4.38. The highest BCUT2D eigenvalue weighted by Gasteiger charge is 2.70. The first-order valence-electron chi connectivity index (χ1n) is 5.58. The second kappa shape index (κ2) is 5.78. The van der Waals surface area contributed by atoms with Crippen LogP contribution in [0.5, 0.6) is 5.88 Å². The van der Waals surface area contributed by atoms with Crippen LogP contribution >= 0.6 is 0 Å². The van der Waals surface area contributed by atoms with Gasteiger partial charge in [-0.15, -0.1) is 0 Å². The summed E-state index contributed by atoms with van der Waals surface area (Å²) in [6, 6.07) is 3.87. The minimum atomic E-state index is -5.73. The number of aromatic nitrogens is 1. The lowest BCUT2D eigenvalue weighted by Crippen LogP contribution is -2.67. The van der Waals surface area contributed by atoms with Crippen LogP contribution in [0, 0.1) is 0 Å². The van der Waals surface area contributed by atoms with Crippen molar-refractivity contribution in [3.63, 3.8) is 0 Å². The lowest BCUT2D eigenvalue weighted by Gasteiger charge is -2.36. The van der Waals surface area contributed by atoms with Crippen LogP contribution in [0.2, 0.25) is 0 Å². The van der Waals surface area contributed by atoms with Crippen molar-refractivity contribution < 1.29 is 35.9 Å². The first-order valence-corrected chi connectivity index (χ1v) is 5.58. The monoisotopic (exact) mass is 316 g/mol. The van der Waals surface area contributed by atoms with E-state index in [1.165, 1.54) is 12.1 Å². The summed E-state index contributed by atoms with van der Waals surface area (Å²) in [6.45, 7) is 0.655. The Balaban J connectivity index is 3.00. The van der Waals surface area contributed by atoms with Gasteiger partial charge in [-0.05, 0) is 12.5 Å². The Kier molecular flexibility index (Phi) is 4.69. The average Bonchev–Trinajstić information content (AvgIpc) is 2.34. The van der Waals surface area contributed by atoms with Crippen molar-refractivity contribution in [1.82, 2.24) is 10.3 Å². The van der Waals surface area contributed by atoms with Gasteiger partial charge in [-0.25, -0.2) is 9.78 Å². The zero-order valence-electron chi connectivity index (χ0n) is 10.5. The Bertz CT molecular complexity index is 472. The van der Waals surface area contributed by atoms with Crippen LogP contribution in [0.3, 0.4) is 0 Å². The van der Waals surface area contributed by atoms with Crippen molar-refractivity contribution in [2.45, 2.75) is 31.2 Å². The van der Waals surface area contributed by atoms with Crippen molar-refractivity contribution in [3.05, 3.63) is 24.4 Å². The molecular formula is C11H10F6N2O2. The van der Waals surface area contributed by atoms with E-state index in [4.69, 9.17) is 0 Å². The molecule has 1 heterocycles. The summed E-state index contributed by atoms with van der Waals surface area (Å²) in [4.78, 5) is 14.8. The maximum absolute atomic E-state index is 12.8. The Morgan fingerprint density at radius 1 is 1.19 bits per heavy atom. The zero-order valence-corrected chi connectivity index (χ0v) is 10.5. The molecule has 0 saturated carbocycles.